The van der Waals surface area contributed by atoms with Gasteiger partial charge < -0.3 is 10.2 Å². The van der Waals surface area contributed by atoms with Gasteiger partial charge in [-0.2, -0.15) is 0 Å². The number of nitrogens with zero attached hydrogens (tertiary/aromatic N) is 2. The van der Waals surface area contributed by atoms with Crippen LogP contribution in [0, 0.1) is 0 Å². The molecular weight excluding hydrogens is 602 g/mol. The summed E-state index contributed by atoms with van der Waals surface area (Å²) in [6.07, 6.45) is 2.04. The maximum atomic E-state index is 14.0. The van der Waals surface area contributed by atoms with E-state index in [1.54, 1.807) is 24.3 Å². The van der Waals surface area contributed by atoms with Gasteiger partial charge in [0, 0.05) is 28.5 Å². The summed E-state index contributed by atoms with van der Waals surface area (Å²) >= 11 is 9.43. The Balaban J connectivity index is 2.04. The molecule has 0 radical (unpaired) electrons. The average Bonchev–Trinajstić information content (AvgIpc) is 2.90. The average molecular weight is 635 g/mol. The Morgan fingerprint density at radius 2 is 1.56 bits per heavy atom. The SMILES string of the molecule is CC[C@H](C)NC(=O)[C@H](Cc1ccccc1)N(Cc1ccc(Br)cc1)C(=O)CN(c1ccc(Cl)cc1)S(C)(=O)=O. The lowest BCUT2D eigenvalue weighted by atomic mass is 10.0. The highest BCUT2D eigenvalue weighted by Gasteiger charge is 2.33. The molecule has 0 aliphatic carbocycles. The summed E-state index contributed by atoms with van der Waals surface area (Å²) in [6, 6.07) is 22.2. The van der Waals surface area contributed by atoms with E-state index in [-0.39, 0.29) is 24.9 Å². The van der Waals surface area contributed by atoms with Crippen molar-refractivity contribution in [3.63, 3.8) is 0 Å². The first-order chi connectivity index (χ1) is 18.5. The minimum Gasteiger partial charge on any atom is -0.352 e. The number of anilines is 1. The molecule has 0 unspecified atom stereocenters. The summed E-state index contributed by atoms with van der Waals surface area (Å²) in [4.78, 5) is 29.1. The summed E-state index contributed by atoms with van der Waals surface area (Å²) in [5.74, 6) is -0.797. The normalized spacial score (nSPS) is 12.8. The second-order valence-electron chi connectivity index (χ2n) is 9.42. The molecule has 0 spiro atoms. The fourth-order valence-corrected chi connectivity index (χ4v) is 5.24. The number of halogens is 2. The topological polar surface area (TPSA) is 86.8 Å². The van der Waals surface area contributed by atoms with Crippen LogP contribution in [-0.4, -0.2) is 50.0 Å². The predicted molar refractivity (Wildman–Crippen MR) is 160 cm³/mol. The molecule has 3 aromatic rings. The minimum absolute atomic E-state index is 0.0954. The summed E-state index contributed by atoms with van der Waals surface area (Å²) in [5.41, 5.74) is 1.99. The van der Waals surface area contributed by atoms with Crippen LogP contribution in [0.15, 0.2) is 83.3 Å². The summed E-state index contributed by atoms with van der Waals surface area (Å²) in [6.45, 7) is 3.52. The molecule has 0 heterocycles. The molecule has 3 aromatic carbocycles. The Kier molecular flexibility index (Phi) is 11.0. The highest BCUT2D eigenvalue weighted by Crippen LogP contribution is 2.22. The van der Waals surface area contributed by atoms with Crippen LogP contribution >= 0.6 is 27.5 Å². The third-order valence-electron chi connectivity index (χ3n) is 6.33. The molecule has 39 heavy (non-hydrogen) atoms. The van der Waals surface area contributed by atoms with Crippen molar-refractivity contribution in [3.05, 3.63) is 99.5 Å². The highest BCUT2D eigenvalue weighted by atomic mass is 79.9. The molecule has 10 heteroatoms. The maximum Gasteiger partial charge on any atom is 0.244 e. The Hall–Kier alpha value is -2.88. The van der Waals surface area contributed by atoms with Crippen molar-refractivity contribution in [1.29, 1.82) is 0 Å². The smallest absolute Gasteiger partial charge is 0.244 e. The quantitative estimate of drug-likeness (QED) is 0.288. The molecule has 2 amide bonds. The van der Waals surface area contributed by atoms with E-state index in [9.17, 15) is 18.0 Å². The number of sulfonamides is 1. The van der Waals surface area contributed by atoms with Crippen LogP contribution < -0.4 is 9.62 Å². The van der Waals surface area contributed by atoms with Crippen LogP contribution in [0.2, 0.25) is 5.02 Å². The molecular formula is C29H33BrClN3O4S. The van der Waals surface area contributed by atoms with Gasteiger partial charge >= 0.3 is 0 Å². The Morgan fingerprint density at radius 3 is 2.13 bits per heavy atom. The third-order valence-corrected chi connectivity index (χ3v) is 8.25. The van der Waals surface area contributed by atoms with Gasteiger partial charge in [0.25, 0.3) is 0 Å². The molecule has 0 aromatic heterocycles. The van der Waals surface area contributed by atoms with Crippen molar-refractivity contribution < 1.29 is 18.0 Å². The van der Waals surface area contributed by atoms with Gasteiger partial charge in [-0.1, -0.05) is 76.9 Å². The maximum absolute atomic E-state index is 14.0. The molecule has 1 N–H and O–H groups in total. The minimum atomic E-state index is -3.83. The van der Waals surface area contributed by atoms with Crippen LogP contribution in [-0.2, 0) is 32.6 Å². The number of rotatable bonds is 12. The van der Waals surface area contributed by atoms with Gasteiger partial charge in [0.2, 0.25) is 21.8 Å². The number of nitrogens with one attached hydrogen (secondary N) is 1. The molecule has 7 nitrogen and oxygen atoms in total. The van der Waals surface area contributed by atoms with Gasteiger partial charge in [-0.25, -0.2) is 8.42 Å². The fraction of sp³-hybridized carbons (Fsp3) is 0.310. The van der Waals surface area contributed by atoms with E-state index >= 15 is 0 Å². The standard InChI is InChI=1S/C29H33BrClN3O4S/c1-4-21(2)32-29(36)27(18-22-8-6-5-7-9-22)33(19-23-10-12-24(30)13-11-23)28(35)20-34(39(3,37)38)26-16-14-25(31)15-17-26/h5-17,21,27H,4,18-20H2,1-3H3,(H,32,36)/t21-,27-/m0/s1. The van der Waals surface area contributed by atoms with Crippen molar-refractivity contribution in [1.82, 2.24) is 10.2 Å². The lowest BCUT2D eigenvalue weighted by Crippen LogP contribution is -2.54. The molecule has 0 saturated carbocycles. The van der Waals surface area contributed by atoms with Crippen molar-refractivity contribution in [3.8, 4) is 0 Å². The van der Waals surface area contributed by atoms with Crippen LogP contribution in [0.3, 0.4) is 0 Å². The van der Waals surface area contributed by atoms with E-state index < -0.39 is 28.5 Å². The number of carbonyl (C=O) groups is 2. The first-order valence-electron chi connectivity index (χ1n) is 12.6. The van der Waals surface area contributed by atoms with E-state index in [0.717, 1.165) is 32.6 Å². The number of carbonyl (C=O) groups excluding carboxylic acids is 2. The second-order valence-corrected chi connectivity index (χ2v) is 12.7. The van der Waals surface area contributed by atoms with E-state index in [2.05, 4.69) is 21.2 Å². The number of amides is 2. The molecule has 0 saturated heterocycles. The lowest BCUT2D eigenvalue weighted by Gasteiger charge is -2.34. The molecule has 3 rings (SSSR count). The van der Waals surface area contributed by atoms with E-state index in [0.29, 0.717) is 10.7 Å². The van der Waals surface area contributed by atoms with Crippen molar-refractivity contribution >= 4 is 55.1 Å². The van der Waals surface area contributed by atoms with Crippen LogP contribution in [0.1, 0.15) is 31.4 Å². The molecule has 2 atom stereocenters. The molecule has 0 aliphatic rings. The molecule has 0 bridgehead atoms. The zero-order valence-electron chi connectivity index (χ0n) is 22.2. The second kappa shape index (κ2) is 14.0. The van der Waals surface area contributed by atoms with Gasteiger partial charge in [0.1, 0.15) is 12.6 Å². The first kappa shape index (κ1) is 30.7. The highest BCUT2D eigenvalue weighted by molar-refractivity contribution is 9.10. The molecule has 0 aliphatic heterocycles. The first-order valence-corrected chi connectivity index (χ1v) is 15.6. The Labute approximate surface area is 244 Å². The van der Waals surface area contributed by atoms with Gasteiger partial charge in [-0.05, 0) is 60.9 Å². The molecule has 0 fully saturated rings. The predicted octanol–water partition coefficient (Wildman–Crippen LogP) is 5.42. The van der Waals surface area contributed by atoms with Crippen LogP contribution in [0.4, 0.5) is 5.69 Å². The Morgan fingerprint density at radius 1 is 0.949 bits per heavy atom. The number of hydrogen-bond acceptors (Lipinski definition) is 4. The lowest BCUT2D eigenvalue weighted by molar-refractivity contribution is -0.140. The van der Waals surface area contributed by atoms with Crippen LogP contribution in [0.25, 0.3) is 0 Å². The van der Waals surface area contributed by atoms with Gasteiger partial charge in [-0.15, -0.1) is 0 Å². The van der Waals surface area contributed by atoms with Crippen molar-refractivity contribution in [2.45, 2.75) is 45.3 Å². The summed E-state index contributed by atoms with van der Waals surface area (Å²) in [5, 5.41) is 3.46. The number of hydrogen-bond donors (Lipinski definition) is 1. The van der Waals surface area contributed by atoms with Gasteiger partial charge in [0.15, 0.2) is 0 Å². The monoisotopic (exact) mass is 633 g/mol. The molecule has 208 valence electrons. The van der Waals surface area contributed by atoms with E-state index in [4.69, 9.17) is 11.6 Å². The fourth-order valence-electron chi connectivity index (χ4n) is 4.00. The van der Waals surface area contributed by atoms with Gasteiger partial charge in [0.05, 0.1) is 11.9 Å². The van der Waals surface area contributed by atoms with E-state index in [1.807, 2.05) is 68.4 Å². The Bertz CT molecular complexity index is 1350. The summed E-state index contributed by atoms with van der Waals surface area (Å²) < 4.78 is 27.5. The summed E-state index contributed by atoms with van der Waals surface area (Å²) in [7, 11) is -3.83. The third kappa shape index (κ3) is 9.08. The zero-order valence-corrected chi connectivity index (χ0v) is 25.3. The largest absolute Gasteiger partial charge is 0.352 e. The van der Waals surface area contributed by atoms with Crippen molar-refractivity contribution in [2.24, 2.45) is 0 Å². The van der Waals surface area contributed by atoms with Gasteiger partial charge in [-0.3, -0.25) is 13.9 Å². The van der Waals surface area contributed by atoms with E-state index in [1.165, 1.54) is 4.90 Å². The number of benzene rings is 3. The van der Waals surface area contributed by atoms with Crippen molar-refractivity contribution in [2.75, 3.05) is 17.1 Å². The van der Waals surface area contributed by atoms with Crippen LogP contribution in [0.5, 0.6) is 0 Å². The zero-order chi connectivity index (χ0) is 28.6.